The van der Waals surface area contributed by atoms with Crippen molar-refractivity contribution in [1.82, 2.24) is 25.1 Å². The van der Waals surface area contributed by atoms with Crippen LogP contribution in [-0.4, -0.2) is 31.6 Å². The molecule has 0 saturated carbocycles. The molecule has 0 saturated heterocycles. The summed E-state index contributed by atoms with van der Waals surface area (Å²) in [5, 5.41) is 9.33. The quantitative estimate of drug-likeness (QED) is 0.509. The maximum absolute atomic E-state index is 13.7. The Morgan fingerprint density at radius 2 is 2.07 bits per heavy atom. The second-order valence-electron chi connectivity index (χ2n) is 6.16. The number of hydrogen-bond donors (Lipinski definition) is 2. The second kappa shape index (κ2) is 8.35. The first-order chi connectivity index (χ1) is 14.6. The van der Waals surface area contributed by atoms with Crippen LogP contribution in [0.15, 0.2) is 72.2 Å². The molecule has 0 atom stereocenters. The molecule has 2 N–H and O–H groups in total. The van der Waals surface area contributed by atoms with E-state index < -0.39 is 17.6 Å². The number of nitrogens with one attached hydrogen (secondary N) is 2. The zero-order chi connectivity index (χ0) is 20.9. The Balaban J connectivity index is 1.53. The Morgan fingerprint density at radius 1 is 1.17 bits per heavy atom. The van der Waals surface area contributed by atoms with Gasteiger partial charge in [-0.05, 0) is 30.3 Å². The Kier molecular flexibility index (Phi) is 5.29. The highest BCUT2D eigenvalue weighted by atomic mass is 19.1. The number of hydrogen-bond acceptors (Lipinski definition) is 6. The highest BCUT2D eigenvalue weighted by molar-refractivity contribution is 6.08. The number of anilines is 1. The minimum atomic E-state index is -0.588. The first kappa shape index (κ1) is 19.0. The molecule has 0 fully saturated rings. The van der Waals surface area contributed by atoms with Gasteiger partial charge in [-0.1, -0.05) is 6.07 Å². The number of carbonyl (C=O) groups excluding carboxylic acids is 2. The third kappa shape index (κ3) is 4.07. The summed E-state index contributed by atoms with van der Waals surface area (Å²) >= 11 is 0. The molecular weight excluding hydrogens is 391 g/mol. The predicted molar refractivity (Wildman–Crippen MR) is 103 cm³/mol. The van der Waals surface area contributed by atoms with E-state index in [1.807, 2.05) is 0 Å². The molecule has 9 nitrogen and oxygen atoms in total. The van der Waals surface area contributed by atoms with Gasteiger partial charge in [-0.3, -0.25) is 9.59 Å². The average molecular weight is 406 g/mol. The van der Waals surface area contributed by atoms with Crippen LogP contribution in [0.3, 0.4) is 0 Å². The third-order valence-corrected chi connectivity index (χ3v) is 4.20. The van der Waals surface area contributed by atoms with Gasteiger partial charge in [-0.15, -0.1) is 0 Å². The fraction of sp³-hybridized carbons (Fsp3) is 0.0500. The fourth-order valence-corrected chi connectivity index (χ4v) is 2.77. The van der Waals surface area contributed by atoms with Gasteiger partial charge >= 0.3 is 0 Å². The van der Waals surface area contributed by atoms with Crippen molar-refractivity contribution in [2.75, 3.05) is 5.32 Å². The Bertz CT molecular complexity index is 1180. The van der Waals surface area contributed by atoms with Gasteiger partial charge in [0.1, 0.15) is 24.7 Å². The molecular formula is C20H15FN6O3. The summed E-state index contributed by atoms with van der Waals surface area (Å²) in [6.45, 7) is 0.133. The smallest absolute Gasteiger partial charge is 0.258 e. The van der Waals surface area contributed by atoms with Gasteiger partial charge in [0.2, 0.25) is 0 Å². The lowest BCUT2D eigenvalue weighted by Crippen LogP contribution is -2.25. The maximum Gasteiger partial charge on any atom is 0.258 e. The van der Waals surface area contributed by atoms with Gasteiger partial charge in [0.25, 0.3) is 11.8 Å². The second-order valence-corrected chi connectivity index (χ2v) is 6.16. The average Bonchev–Trinajstić information content (AvgIpc) is 3.46. The number of carbonyl (C=O) groups is 2. The topological polar surface area (TPSA) is 115 Å². The number of rotatable bonds is 6. The number of amides is 2. The molecule has 0 spiro atoms. The highest BCUT2D eigenvalue weighted by Crippen LogP contribution is 2.19. The number of nitrogens with zero attached hydrogens (tertiary/aromatic N) is 4. The van der Waals surface area contributed by atoms with Gasteiger partial charge in [0, 0.05) is 18.3 Å². The van der Waals surface area contributed by atoms with E-state index in [1.165, 1.54) is 42.0 Å². The number of halogens is 1. The van der Waals surface area contributed by atoms with E-state index in [2.05, 4.69) is 25.7 Å². The molecule has 4 rings (SSSR count). The molecule has 0 bridgehead atoms. The minimum absolute atomic E-state index is 0.0430. The summed E-state index contributed by atoms with van der Waals surface area (Å²) in [6, 6.07) is 8.51. The zero-order valence-corrected chi connectivity index (χ0v) is 15.4. The molecule has 0 radical (unpaired) electrons. The molecule has 2 amide bonds. The summed E-state index contributed by atoms with van der Waals surface area (Å²) in [5.41, 5.74) is 1.10. The van der Waals surface area contributed by atoms with Crippen LogP contribution < -0.4 is 10.6 Å². The van der Waals surface area contributed by atoms with Gasteiger partial charge in [0.05, 0.1) is 23.1 Å². The van der Waals surface area contributed by atoms with Crippen LogP contribution in [-0.2, 0) is 6.54 Å². The van der Waals surface area contributed by atoms with E-state index in [-0.39, 0.29) is 23.4 Å². The van der Waals surface area contributed by atoms with Gasteiger partial charge in [0.15, 0.2) is 5.82 Å². The van der Waals surface area contributed by atoms with E-state index in [4.69, 9.17) is 4.42 Å². The third-order valence-electron chi connectivity index (χ3n) is 4.20. The van der Waals surface area contributed by atoms with Crippen LogP contribution in [0.25, 0.3) is 5.82 Å². The molecule has 0 aliphatic carbocycles. The van der Waals surface area contributed by atoms with Crippen molar-refractivity contribution >= 4 is 17.5 Å². The van der Waals surface area contributed by atoms with Crippen molar-refractivity contribution in [3.05, 3.63) is 90.3 Å². The lowest BCUT2D eigenvalue weighted by molar-refractivity contribution is 0.0951. The van der Waals surface area contributed by atoms with Crippen molar-refractivity contribution in [2.24, 2.45) is 0 Å². The van der Waals surface area contributed by atoms with Gasteiger partial charge < -0.3 is 15.1 Å². The largest absolute Gasteiger partial charge is 0.472 e. The summed E-state index contributed by atoms with van der Waals surface area (Å²) < 4.78 is 20.1. The summed E-state index contributed by atoms with van der Waals surface area (Å²) in [4.78, 5) is 33.2. The van der Waals surface area contributed by atoms with E-state index in [1.54, 1.807) is 18.3 Å². The standard InChI is InChI=1S/C20H15FN6O3/c21-15-3-4-16(17(8-15)26-19(28)14-5-7-30-10-14)20(29)24-9-13-2-1-6-23-18(13)27-12-22-11-25-27/h1-8,10-12H,9H2,(H,24,29)(H,26,28). The maximum atomic E-state index is 13.7. The van der Waals surface area contributed by atoms with Gasteiger partial charge in [-0.25, -0.2) is 19.0 Å². The first-order valence-electron chi connectivity index (χ1n) is 8.82. The highest BCUT2D eigenvalue weighted by Gasteiger charge is 2.17. The van der Waals surface area contributed by atoms with Crippen LogP contribution in [0.4, 0.5) is 10.1 Å². The van der Waals surface area contributed by atoms with Crippen LogP contribution in [0.2, 0.25) is 0 Å². The van der Waals surface area contributed by atoms with Crippen molar-refractivity contribution in [3.8, 4) is 5.82 Å². The van der Waals surface area contributed by atoms with E-state index >= 15 is 0 Å². The Morgan fingerprint density at radius 3 is 2.83 bits per heavy atom. The molecule has 4 aromatic rings. The molecule has 0 unspecified atom stereocenters. The van der Waals surface area contributed by atoms with Crippen LogP contribution in [0.5, 0.6) is 0 Å². The van der Waals surface area contributed by atoms with Crippen LogP contribution in [0, 0.1) is 5.82 Å². The van der Waals surface area contributed by atoms with Crippen molar-refractivity contribution in [2.45, 2.75) is 6.54 Å². The van der Waals surface area contributed by atoms with Crippen LogP contribution >= 0.6 is 0 Å². The van der Waals surface area contributed by atoms with Crippen LogP contribution in [0.1, 0.15) is 26.3 Å². The normalized spacial score (nSPS) is 10.6. The van der Waals surface area contributed by atoms with Gasteiger partial charge in [-0.2, -0.15) is 5.10 Å². The van der Waals surface area contributed by atoms with Crippen molar-refractivity contribution < 1.29 is 18.4 Å². The number of benzene rings is 1. The number of pyridine rings is 1. The summed E-state index contributed by atoms with van der Waals surface area (Å²) in [6.07, 6.45) is 7.07. The molecule has 150 valence electrons. The zero-order valence-electron chi connectivity index (χ0n) is 15.4. The minimum Gasteiger partial charge on any atom is -0.472 e. The van der Waals surface area contributed by atoms with Crippen molar-refractivity contribution in [1.29, 1.82) is 0 Å². The van der Waals surface area contributed by atoms with E-state index in [0.717, 1.165) is 12.1 Å². The number of furan rings is 1. The molecule has 3 aromatic heterocycles. The first-order valence-corrected chi connectivity index (χ1v) is 8.82. The Labute approximate surface area is 169 Å². The summed E-state index contributed by atoms with van der Waals surface area (Å²) in [7, 11) is 0. The molecule has 0 aliphatic rings. The monoisotopic (exact) mass is 406 g/mol. The Hall–Kier alpha value is -4.34. The lowest BCUT2D eigenvalue weighted by atomic mass is 10.1. The SMILES string of the molecule is O=C(Nc1cc(F)ccc1C(=O)NCc1cccnc1-n1cncn1)c1ccoc1. The van der Waals surface area contributed by atoms with Crippen molar-refractivity contribution in [3.63, 3.8) is 0 Å². The molecule has 10 heteroatoms. The molecule has 0 aliphatic heterocycles. The fourth-order valence-electron chi connectivity index (χ4n) is 2.77. The predicted octanol–water partition coefficient (Wildman–Crippen LogP) is 2.58. The van der Waals surface area contributed by atoms with E-state index in [0.29, 0.717) is 11.4 Å². The van der Waals surface area contributed by atoms with E-state index in [9.17, 15) is 14.0 Å². The molecule has 3 heterocycles. The lowest BCUT2D eigenvalue weighted by Gasteiger charge is -2.12. The molecule has 1 aromatic carbocycles. The molecule has 30 heavy (non-hydrogen) atoms. The summed E-state index contributed by atoms with van der Waals surface area (Å²) in [5.74, 6) is -1.09. The number of aromatic nitrogens is 4.